The summed E-state index contributed by atoms with van der Waals surface area (Å²) < 4.78 is 12.3. The molecule has 14 aromatic carbocycles. The van der Waals surface area contributed by atoms with Gasteiger partial charge in [-0.3, -0.25) is 0 Å². The summed E-state index contributed by atoms with van der Waals surface area (Å²) >= 11 is 0. The molecule has 0 bridgehead atoms. The first-order valence-corrected chi connectivity index (χ1v) is 39.3. The second kappa shape index (κ2) is 24.8. The Morgan fingerprint density at radius 2 is 0.627 bits per heavy atom. The molecule has 2 aliphatic heterocycles. The molecule has 0 spiro atoms. The number of hydrogen-bond donors (Lipinski definition) is 0. The van der Waals surface area contributed by atoms with Crippen LogP contribution in [0.5, 0.6) is 0 Å². The summed E-state index contributed by atoms with van der Waals surface area (Å²) in [6.45, 7) is 34.7. The average molecular weight is 1430 g/mol. The van der Waals surface area contributed by atoms with Crippen molar-refractivity contribution in [1.29, 1.82) is 0 Å². The third kappa shape index (κ3) is 11.1. The summed E-state index contributed by atoms with van der Waals surface area (Å²) in [5, 5.41) is 7.13. The molecule has 5 nitrogen and oxygen atoms in total. The molecule has 0 fully saturated rings. The van der Waals surface area contributed by atoms with Gasteiger partial charge in [-0.2, -0.15) is 0 Å². The van der Waals surface area contributed by atoms with Gasteiger partial charge >= 0.3 is 0 Å². The highest BCUT2D eigenvalue weighted by Crippen LogP contribution is 2.56. The van der Waals surface area contributed by atoms with Crippen LogP contribution in [-0.2, 0) is 27.1 Å². The molecule has 0 aliphatic carbocycles. The van der Waals surface area contributed by atoms with Crippen LogP contribution in [0.2, 0.25) is 0 Å². The van der Waals surface area contributed by atoms with E-state index in [9.17, 15) is 0 Å². The number of para-hydroxylation sites is 2. The lowest BCUT2D eigenvalue weighted by molar-refractivity contribution is 0.590. The molecule has 19 rings (SSSR count). The topological polar surface area (TPSA) is 29.5 Å². The second-order valence-corrected chi connectivity index (χ2v) is 36.2. The largest absolute Gasteiger partial charge is 0.456 e. The Kier molecular flexibility index (Phi) is 15.5. The maximum Gasteiger partial charge on any atom is 0.252 e. The van der Waals surface area contributed by atoms with E-state index in [1.165, 1.54) is 87.8 Å². The zero-order valence-corrected chi connectivity index (χ0v) is 66.0. The van der Waals surface area contributed by atoms with Gasteiger partial charge in [0.1, 0.15) is 11.2 Å². The SMILES string of the molecule is CC(C)(C)c1cccc(-c2cc3c4c(c2)N(c2c(-c5ccccc5)ccc5oc6ccccc6c25)c2cc(-n5c6ccc(C(C)(C)C)cc6c6cc(C(C)(C)C)ccc65)ccc2B4c2ccc(-n4c5ccc(C(C)(C)C)cc5c5cc(C(C)(C)C)ccc54)cc2N3c2c(-c3ccccc3)cccc2-c2ccccc2)c1. The summed E-state index contributed by atoms with van der Waals surface area (Å²) in [5.74, 6) is 0. The standard InChI is InChI=1S/C104H93BN4O/c1-100(2,3)69-36-27-35-67(55-69)68-56-92-97-93(57-68)109(99-78(66-33-23-18-24-34-66)47-54-95-96(99)79-37-25-26-40-94(79)110-95)91-63-75(107-88-52-43-72(103(10,11)12)60-82(88)83-61-73(104(13,14)15)44-53-89(83)107)46-49-85(91)105(97)84-48-45-74(106-86-50-41-70(101(4,5)6)58-80(86)81-59-71(102(7,8)9)42-51-87(81)106)62-90(84)108(92)98-76(64-29-19-16-20-30-64)38-28-39-77(98)65-31-21-17-22-32-65/h16-63H,1-15H3. The number of benzene rings is 14. The van der Waals surface area contributed by atoms with Crippen molar-refractivity contribution in [1.82, 2.24) is 9.13 Å². The molecule has 17 aromatic rings. The predicted molar refractivity (Wildman–Crippen MR) is 472 cm³/mol. The van der Waals surface area contributed by atoms with E-state index in [0.717, 1.165) is 112 Å². The molecular weight excluding hydrogens is 1330 g/mol. The fourth-order valence-corrected chi connectivity index (χ4v) is 17.9. The Hall–Kier alpha value is -11.9. The zero-order valence-electron chi connectivity index (χ0n) is 66.0. The molecule has 0 unspecified atom stereocenters. The lowest BCUT2D eigenvalue weighted by atomic mass is 9.33. The zero-order chi connectivity index (χ0) is 75.8. The number of anilines is 6. The monoisotopic (exact) mass is 1420 g/mol. The van der Waals surface area contributed by atoms with Gasteiger partial charge in [0.2, 0.25) is 0 Å². The Bertz CT molecular complexity index is 6410. The normalized spacial score (nSPS) is 13.4. The molecule has 0 saturated heterocycles. The van der Waals surface area contributed by atoms with Crippen molar-refractivity contribution in [3.05, 3.63) is 319 Å². The van der Waals surface area contributed by atoms with Crippen molar-refractivity contribution in [2.45, 2.75) is 131 Å². The van der Waals surface area contributed by atoms with Crippen molar-refractivity contribution in [2.75, 3.05) is 9.80 Å². The van der Waals surface area contributed by atoms with Crippen LogP contribution in [0.15, 0.2) is 296 Å². The molecule has 0 amide bonds. The van der Waals surface area contributed by atoms with Gasteiger partial charge in [0.05, 0.1) is 38.8 Å². The predicted octanol–water partition coefficient (Wildman–Crippen LogP) is 27.0. The fraction of sp³-hybridized carbons (Fsp3) is 0.192. The lowest BCUT2D eigenvalue weighted by Crippen LogP contribution is -2.61. The summed E-state index contributed by atoms with van der Waals surface area (Å²) in [4.78, 5) is 5.40. The quantitative estimate of drug-likeness (QED) is 0.142. The van der Waals surface area contributed by atoms with Gasteiger partial charge in [-0.15, -0.1) is 0 Å². The van der Waals surface area contributed by atoms with Crippen LogP contribution in [0, 0.1) is 0 Å². The van der Waals surface area contributed by atoms with E-state index in [2.05, 4.69) is 414 Å². The number of hydrogen-bond acceptors (Lipinski definition) is 3. The number of rotatable bonds is 8. The lowest BCUT2D eigenvalue weighted by Gasteiger charge is -2.46. The molecule has 0 atom stereocenters. The third-order valence-electron chi connectivity index (χ3n) is 23.9. The van der Waals surface area contributed by atoms with Gasteiger partial charge in [0, 0.05) is 77.7 Å². The molecule has 0 N–H and O–H groups in total. The minimum absolute atomic E-state index is 0.0668. The van der Waals surface area contributed by atoms with Crippen LogP contribution < -0.4 is 26.2 Å². The first-order valence-electron chi connectivity index (χ1n) is 39.3. The molecule has 110 heavy (non-hydrogen) atoms. The van der Waals surface area contributed by atoms with Crippen molar-refractivity contribution < 1.29 is 4.42 Å². The van der Waals surface area contributed by atoms with E-state index in [0.29, 0.717) is 0 Å². The Morgan fingerprint density at radius 1 is 0.255 bits per heavy atom. The molecular formula is C104H93BN4O. The van der Waals surface area contributed by atoms with Crippen LogP contribution in [0.1, 0.15) is 132 Å². The minimum atomic E-state index is -0.288. The van der Waals surface area contributed by atoms with Crippen LogP contribution in [0.3, 0.4) is 0 Å². The summed E-state index contributed by atoms with van der Waals surface area (Å²) in [6, 6.07) is 112. The van der Waals surface area contributed by atoms with Gasteiger partial charge in [-0.25, -0.2) is 0 Å². The maximum atomic E-state index is 7.14. The van der Waals surface area contributed by atoms with Crippen molar-refractivity contribution in [2.24, 2.45) is 0 Å². The van der Waals surface area contributed by atoms with Crippen LogP contribution >= 0.6 is 0 Å². The van der Waals surface area contributed by atoms with Gasteiger partial charge in [-0.05, 0) is 202 Å². The minimum Gasteiger partial charge on any atom is -0.456 e. The molecule has 538 valence electrons. The van der Waals surface area contributed by atoms with Gasteiger partial charge < -0.3 is 23.4 Å². The summed E-state index contributed by atoms with van der Waals surface area (Å²) in [7, 11) is 0. The van der Waals surface area contributed by atoms with Gasteiger partial charge in [0.15, 0.2) is 0 Å². The van der Waals surface area contributed by atoms with Crippen LogP contribution in [0.25, 0.3) is 121 Å². The van der Waals surface area contributed by atoms with Gasteiger partial charge in [-0.1, -0.05) is 292 Å². The highest BCUT2D eigenvalue weighted by molar-refractivity contribution is 7.00. The Balaban J connectivity index is 0.999. The number of furan rings is 1. The first-order chi connectivity index (χ1) is 52.7. The number of fused-ring (bicyclic) bond motifs is 13. The summed E-state index contributed by atoms with van der Waals surface area (Å²) in [6.07, 6.45) is 0. The van der Waals surface area contributed by atoms with Crippen LogP contribution in [-0.4, -0.2) is 15.8 Å². The molecule has 2 aliphatic rings. The van der Waals surface area contributed by atoms with E-state index in [4.69, 9.17) is 4.42 Å². The van der Waals surface area contributed by atoms with Crippen LogP contribution in [0.4, 0.5) is 34.1 Å². The molecule has 0 saturated carbocycles. The van der Waals surface area contributed by atoms with E-state index >= 15 is 0 Å². The van der Waals surface area contributed by atoms with Gasteiger partial charge in [0.25, 0.3) is 6.71 Å². The maximum absolute atomic E-state index is 7.14. The Morgan fingerprint density at radius 3 is 1.05 bits per heavy atom. The smallest absolute Gasteiger partial charge is 0.252 e. The highest BCUT2D eigenvalue weighted by atomic mass is 16.3. The Labute approximate surface area is 647 Å². The van der Waals surface area contributed by atoms with Crippen molar-refractivity contribution in [3.8, 4) is 55.9 Å². The second-order valence-electron chi connectivity index (χ2n) is 36.2. The summed E-state index contributed by atoms with van der Waals surface area (Å²) in [5.41, 5.74) is 33.8. The molecule has 3 aromatic heterocycles. The number of nitrogens with zero attached hydrogens (tertiary/aromatic N) is 4. The van der Waals surface area contributed by atoms with Crippen molar-refractivity contribution in [3.63, 3.8) is 0 Å². The molecule has 5 heterocycles. The van der Waals surface area contributed by atoms with E-state index in [-0.39, 0.29) is 33.8 Å². The van der Waals surface area contributed by atoms with E-state index in [1.54, 1.807) is 0 Å². The first kappa shape index (κ1) is 68.7. The molecule has 6 heteroatoms. The fourth-order valence-electron chi connectivity index (χ4n) is 17.9. The average Bonchev–Trinajstić information content (AvgIpc) is 0.808. The highest BCUT2D eigenvalue weighted by Gasteiger charge is 2.46. The molecule has 0 radical (unpaired) electrons. The van der Waals surface area contributed by atoms with E-state index < -0.39 is 0 Å². The van der Waals surface area contributed by atoms with E-state index in [1.807, 2.05) is 0 Å². The third-order valence-corrected chi connectivity index (χ3v) is 23.9. The number of aromatic nitrogens is 2. The van der Waals surface area contributed by atoms with Crippen molar-refractivity contribution >= 4 is 123 Å².